The molecule has 0 radical (unpaired) electrons. The van der Waals surface area contributed by atoms with Crippen LogP contribution in [0.5, 0.6) is 0 Å². The van der Waals surface area contributed by atoms with Crippen LogP contribution in [-0.4, -0.2) is 32.8 Å². The Balaban J connectivity index is 0.000000115. The lowest BCUT2D eigenvalue weighted by atomic mass is 9.93. The van der Waals surface area contributed by atoms with E-state index in [-0.39, 0.29) is 0 Å². The van der Waals surface area contributed by atoms with Gasteiger partial charge in [-0.1, -0.05) is 170 Å². The number of benzene rings is 16. The first-order chi connectivity index (χ1) is 61.7. The fourth-order valence-electron chi connectivity index (χ4n) is 18.0. The zero-order valence-electron chi connectivity index (χ0n) is 66.8. The average molecular weight is 1590 g/mol. The largest absolute Gasteiger partial charge is 0.309 e. The minimum Gasteiger partial charge on any atom is -0.309 e. The molecule has 7 heterocycles. The van der Waals surface area contributed by atoms with E-state index < -0.39 is 0 Å². The first-order valence-corrected chi connectivity index (χ1v) is 40.7. The molecular weight excluding hydrogens is 1530 g/mol. The molecule has 23 aromatic rings. The van der Waals surface area contributed by atoms with Gasteiger partial charge in [0.1, 0.15) is 0 Å². The topological polar surface area (TPSA) is 154 Å². The van der Waals surface area contributed by atoms with Gasteiger partial charge in [0.15, 0.2) is 11.4 Å². The van der Waals surface area contributed by atoms with E-state index in [1.807, 2.05) is 164 Å². The number of aromatic nitrogens is 7. The summed E-state index contributed by atoms with van der Waals surface area (Å²) < 4.78 is 11.2. The first kappa shape index (κ1) is 74.3. The molecule has 0 bridgehead atoms. The molecule has 578 valence electrons. The van der Waals surface area contributed by atoms with Crippen LogP contribution in [0.15, 0.2) is 395 Å². The Morgan fingerprint density at radius 2 is 0.512 bits per heavy atom. The average Bonchev–Trinajstić information content (AvgIpc) is 1.58. The van der Waals surface area contributed by atoms with Gasteiger partial charge < -0.3 is 22.8 Å². The molecule has 0 saturated carbocycles. The molecule has 0 N–H and O–H groups in total. The molecular formula is C112H65N13. The minimum atomic E-state index is 0.566. The number of rotatable bonds is 10. The van der Waals surface area contributed by atoms with Crippen LogP contribution in [0.2, 0.25) is 0 Å². The second-order valence-electron chi connectivity index (χ2n) is 30.8. The molecule has 0 spiro atoms. The number of nitrogens with zero attached hydrogens (tertiary/aromatic N) is 13. The zero-order valence-corrected chi connectivity index (χ0v) is 66.8. The third-order valence-electron chi connectivity index (χ3n) is 23.6. The van der Waals surface area contributed by atoms with Gasteiger partial charge in [-0.15, -0.1) is 0 Å². The molecule has 13 nitrogen and oxygen atoms in total. The number of hydrogen-bond donors (Lipinski definition) is 0. The van der Waals surface area contributed by atoms with Gasteiger partial charge >= 0.3 is 0 Å². The molecule has 16 aromatic carbocycles. The zero-order chi connectivity index (χ0) is 84.2. The number of nitriles is 4. The molecule has 0 unspecified atom stereocenters. The molecule has 0 amide bonds. The fourth-order valence-corrected chi connectivity index (χ4v) is 18.0. The van der Waals surface area contributed by atoms with E-state index in [4.69, 9.17) is 13.1 Å². The lowest BCUT2D eigenvalue weighted by Gasteiger charge is -2.14. The monoisotopic (exact) mass is 1590 g/mol. The Morgan fingerprint density at radius 3 is 0.952 bits per heavy atom. The predicted octanol–water partition coefficient (Wildman–Crippen LogP) is 28.3. The van der Waals surface area contributed by atoms with Gasteiger partial charge in [-0.25, -0.2) is 9.69 Å². The van der Waals surface area contributed by atoms with Crippen LogP contribution in [-0.2, 0) is 0 Å². The summed E-state index contributed by atoms with van der Waals surface area (Å²) in [5.41, 5.74) is 29.5. The van der Waals surface area contributed by atoms with Crippen LogP contribution in [0.25, 0.3) is 203 Å². The van der Waals surface area contributed by atoms with Crippen molar-refractivity contribution in [1.82, 2.24) is 32.8 Å². The van der Waals surface area contributed by atoms with E-state index >= 15 is 0 Å². The van der Waals surface area contributed by atoms with Gasteiger partial charge in [0.25, 0.3) is 0 Å². The van der Waals surface area contributed by atoms with Crippen LogP contribution in [0, 0.1) is 58.5 Å². The predicted molar refractivity (Wildman–Crippen MR) is 505 cm³/mol. The van der Waals surface area contributed by atoms with Crippen molar-refractivity contribution >= 4 is 120 Å². The number of fused-ring (bicyclic) bond motifs is 15. The summed E-state index contributed by atoms with van der Waals surface area (Å²) in [6, 6.07) is 135. The van der Waals surface area contributed by atoms with Crippen LogP contribution < -0.4 is 0 Å². The van der Waals surface area contributed by atoms with Crippen LogP contribution in [0.1, 0.15) is 22.3 Å². The molecule has 0 aliphatic rings. The lowest BCUT2D eigenvalue weighted by molar-refractivity contribution is 1.17. The van der Waals surface area contributed by atoms with Crippen molar-refractivity contribution < 1.29 is 0 Å². The summed E-state index contributed by atoms with van der Waals surface area (Å²) in [6.45, 7) is 15.0. The van der Waals surface area contributed by atoms with Gasteiger partial charge in [-0.2, -0.15) is 21.0 Å². The summed E-state index contributed by atoms with van der Waals surface area (Å²) in [5.74, 6) is 0. The van der Waals surface area contributed by atoms with Crippen molar-refractivity contribution in [2.24, 2.45) is 0 Å². The van der Waals surface area contributed by atoms with Crippen LogP contribution >= 0.6 is 0 Å². The maximum absolute atomic E-state index is 10.1. The highest BCUT2D eigenvalue weighted by Gasteiger charge is 2.22. The number of pyridine rings is 2. The van der Waals surface area contributed by atoms with Gasteiger partial charge in [0, 0.05) is 107 Å². The molecule has 0 saturated heterocycles. The van der Waals surface area contributed by atoms with E-state index in [0.29, 0.717) is 33.6 Å². The van der Waals surface area contributed by atoms with Crippen molar-refractivity contribution in [2.75, 3.05) is 0 Å². The maximum Gasteiger partial charge on any atom is 0.188 e. The number of hydrogen-bond acceptors (Lipinski definition) is 6. The Labute approximate surface area is 717 Å². The Kier molecular flexibility index (Phi) is 18.6. The van der Waals surface area contributed by atoms with Gasteiger partial charge in [-0.3, -0.25) is 9.97 Å². The van der Waals surface area contributed by atoms with E-state index in [9.17, 15) is 21.0 Å². The summed E-state index contributed by atoms with van der Waals surface area (Å²) >= 11 is 0. The smallest absolute Gasteiger partial charge is 0.188 e. The third-order valence-corrected chi connectivity index (χ3v) is 23.6. The third kappa shape index (κ3) is 13.2. The minimum absolute atomic E-state index is 0.566. The summed E-state index contributed by atoms with van der Waals surface area (Å²) in [4.78, 5) is 16.0. The highest BCUT2D eigenvalue weighted by atomic mass is 15.0. The van der Waals surface area contributed by atoms with Crippen molar-refractivity contribution in [3.63, 3.8) is 0 Å². The van der Waals surface area contributed by atoms with E-state index in [2.05, 4.69) is 285 Å². The second kappa shape index (κ2) is 31.2. The highest BCUT2D eigenvalue weighted by molar-refractivity contribution is 6.15. The lowest BCUT2D eigenvalue weighted by Crippen LogP contribution is -1.97. The molecule has 23 rings (SSSR count). The Morgan fingerprint density at radius 1 is 0.200 bits per heavy atom. The first-order valence-electron chi connectivity index (χ1n) is 40.7. The normalized spacial score (nSPS) is 11.2. The Bertz CT molecular complexity index is 8470. The van der Waals surface area contributed by atoms with Crippen LogP contribution in [0.3, 0.4) is 0 Å². The number of para-hydroxylation sites is 6. The highest BCUT2D eigenvalue weighted by Crippen LogP contribution is 2.44. The van der Waals surface area contributed by atoms with Crippen molar-refractivity contribution in [1.29, 1.82) is 21.0 Å². The molecule has 0 aliphatic carbocycles. The van der Waals surface area contributed by atoms with E-state index in [1.54, 1.807) is 12.4 Å². The van der Waals surface area contributed by atoms with Crippen molar-refractivity contribution in [2.45, 2.75) is 0 Å². The van der Waals surface area contributed by atoms with Gasteiger partial charge in [0.2, 0.25) is 0 Å². The van der Waals surface area contributed by atoms with Crippen molar-refractivity contribution in [3.05, 3.63) is 440 Å². The summed E-state index contributed by atoms with van der Waals surface area (Å²) in [7, 11) is 0. The van der Waals surface area contributed by atoms with E-state index in [0.717, 1.165) is 161 Å². The quantitative estimate of drug-likeness (QED) is 0.124. The molecule has 0 fully saturated rings. The molecule has 7 aromatic heterocycles. The maximum atomic E-state index is 10.1. The fraction of sp³-hybridized carbons (Fsp3) is 0. The summed E-state index contributed by atoms with van der Waals surface area (Å²) in [5, 5.41) is 50.5. The summed E-state index contributed by atoms with van der Waals surface area (Å²) in [6.07, 6.45) is 7.26. The Hall–Kier alpha value is -18.2. The second-order valence-corrected chi connectivity index (χ2v) is 30.8. The van der Waals surface area contributed by atoms with E-state index in [1.165, 1.54) is 32.6 Å². The van der Waals surface area contributed by atoms with Gasteiger partial charge in [-0.05, 0) is 255 Å². The standard InChI is InChI=1S/2C38H22N4.C36H21N5/c1-40-28-17-18-38-34(23-28)33-13-4-7-16-37(33)42(38)30-20-25(24-39)19-27(22-30)26-9-8-10-29(21-26)41-35-14-5-2-11-31(35)32-12-3-6-15-36(32)41;39-23-25-6-5-7-30(20-25)42-37-18-12-26(24-40)21-33(37)34-22-28(15-19-38(34)42)27-13-16-29(17-14-27)41-35-10-3-1-8-31(35)32-9-2-4-11-36(32)41;1-38-31-10-11-36-34(20-31)33-8-2-3-9-35(33)41(36)32-15-24(21-37)14-27(19-32)30-17-28(25-6-4-12-39-22-25)16-29(18-30)26-7-5-13-40-23-26/h2-23H;1-22H;2-20,22-23H. The molecule has 0 atom stereocenters. The SMILES string of the molecule is N#Cc1cccc(-n2c3ccc(C#N)cc3c3cc(-c4ccc(-n5c6ccccc6c6ccccc65)cc4)ccc32)c1.[C-]#[N+]c1ccc2c(c1)c1ccccc1n2-c1cc(C#N)cc(-c2cc(-c3cccnc3)cc(-c3cccnc3)c2)c1.[C-]#[N+]c1ccc2c(c1)c1ccccc1n2-c1cc(C#N)cc(-c2cccc(-n3c4ccccc4c4ccccc43)c2)c1. The molecule has 125 heavy (non-hydrogen) atoms. The molecule has 13 heteroatoms. The molecule has 0 aliphatic heterocycles. The van der Waals surface area contributed by atoms with Gasteiger partial charge in [0.05, 0.1) is 115 Å². The van der Waals surface area contributed by atoms with Crippen molar-refractivity contribution in [3.8, 4) is 108 Å². The van der Waals surface area contributed by atoms with Crippen LogP contribution in [0.4, 0.5) is 11.4 Å².